The Balaban J connectivity index is -0.000000399. The van der Waals surface area contributed by atoms with Crippen LogP contribution in [0.2, 0.25) is 0 Å². The maximum atomic E-state index is 10.5. The number of carbonyl (C=O) groups is 2. The summed E-state index contributed by atoms with van der Waals surface area (Å²) >= 11 is 0. The van der Waals surface area contributed by atoms with Crippen LogP contribution in [0.5, 0.6) is 0 Å². The van der Waals surface area contributed by atoms with E-state index >= 15 is 0 Å². The Kier molecular flexibility index (Phi) is 31.4. The van der Waals surface area contributed by atoms with Crippen LogP contribution in [0.4, 0.5) is 0 Å². The lowest BCUT2D eigenvalue weighted by molar-refractivity contribution is -0.154. The highest BCUT2D eigenvalue weighted by atomic mass is 16.7. The molecule has 0 spiro atoms. The average Bonchev–Trinajstić information content (AvgIpc) is 2.83. The molecular weight excluding hydrogens is 392 g/mol. The predicted molar refractivity (Wildman–Crippen MR) is 129 cm³/mol. The lowest BCUT2D eigenvalue weighted by atomic mass is 10.1. The summed E-state index contributed by atoms with van der Waals surface area (Å²) in [5, 5.41) is 0. The normalized spacial score (nSPS) is 9.26. The molecule has 0 fully saturated rings. The number of carbonyl (C=O) groups excluding carboxylic acids is 2. The van der Waals surface area contributed by atoms with Crippen molar-refractivity contribution in [2.45, 2.75) is 54.9 Å². The molecule has 1 unspecified atom stereocenters. The molecule has 31 heavy (non-hydrogen) atoms. The van der Waals surface area contributed by atoms with Crippen LogP contribution in [0, 0.1) is 5.92 Å². The number of ether oxygens (including phenoxy) is 3. The summed E-state index contributed by atoms with van der Waals surface area (Å²) in [5.74, 6) is -0.392. The zero-order valence-corrected chi connectivity index (χ0v) is 20.4. The van der Waals surface area contributed by atoms with E-state index in [-0.39, 0.29) is 24.6 Å². The fourth-order valence-corrected chi connectivity index (χ4v) is 1.58. The topological polar surface area (TPSA) is 61.8 Å². The second kappa shape index (κ2) is 29.5. The van der Waals surface area contributed by atoms with Gasteiger partial charge in [0.1, 0.15) is 0 Å². The van der Waals surface area contributed by atoms with E-state index in [0.29, 0.717) is 13.2 Å². The van der Waals surface area contributed by atoms with Gasteiger partial charge in [0, 0.05) is 13.8 Å². The Morgan fingerprint density at radius 2 is 0.968 bits per heavy atom. The molecule has 2 aromatic rings. The minimum Gasteiger partial charge on any atom is -0.466 e. The van der Waals surface area contributed by atoms with E-state index in [4.69, 9.17) is 9.47 Å². The lowest BCUT2D eigenvalue weighted by Crippen LogP contribution is -2.13. The first-order valence-corrected chi connectivity index (χ1v) is 10.9. The first-order valence-electron chi connectivity index (χ1n) is 10.9. The maximum absolute atomic E-state index is 10.5. The Labute approximate surface area is 189 Å². The second-order valence-corrected chi connectivity index (χ2v) is 5.67. The van der Waals surface area contributed by atoms with Crippen LogP contribution >= 0.6 is 0 Å². The largest absolute Gasteiger partial charge is 0.466 e. The summed E-state index contributed by atoms with van der Waals surface area (Å²) in [6, 6.07) is 24.0. The standard InChI is InChI=1S/C10H18O5.2C6H6.2C2H6/c1-8(6-14-9(2)11)4-5-13-7-15-10(3)12;2*1-2-4-6-5-3-1;2*1-2/h8H,4-7H2,1-3H3;2*1-6H;2*1-2H3. The Morgan fingerprint density at radius 1 is 0.645 bits per heavy atom. The zero-order chi connectivity index (χ0) is 24.2. The minimum absolute atomic E-state index is 0.0182. The van der Waals surface area contributed by atoms with E-state index in [9.17, 15) is 9.59 Å². The molecule has 0 radical (unpaired) electrons. The Bertz CT molecular complexity index is 488. The maximum Gasteiger partial charge on any atom is 0.304 e. The van der Waals surface area contributed by atoms with Crippen LogP contribution < -0.4 is 0 Å². The van der Waals surface area contributed by atoms with Crippen molar-refractivity contribution in [3.05, 3.63) is 72.8 Å². The molecule has 0 saturated carbocycles. The fourth-order valence-electron chi connectivity index (χ4n) is 1.58. The van der Waals surface area contributed by atoms with E-state index in [1.165, 1.54) is 13.8 Å². The van der Waals surface area contributed by atoms with E-state index < -0.39 is 0 Å². The Hall–Kier alpha value is -2.66. The number of hydrogen-bond acceptors (Lipinski definition) is 5. The third-order valence-electron chi connectivity index (χ3n) is 3.00. The third kappa shape index (κ3) is 35.2. The quantitative estimate of drug-likeness (QED) is 0.281. The van der Waals surface area contributed by atoms with Crippen molar-refractivity contribution < 1.29 is 23.8 Å². The predicted octanol–water partition coefficient (Wildman–Crippen LogP) is 6.54. The molecule has 176 valence electrons. The van der Waals surface area contributed by atoms with Gasteiger partial charge in [-0.25, -0.2) is 0 Å². The van der Waals surface area contributed by atoms with Crippen molar-refractivity contribution in [2.24, 2.45) is 5.92 Å². The molecule has 0 heterocycles. The number of benzene rings is 2. The third-order valence-corrected chi connectivity index (χ3v) is 3.00. The monoisotopic (exact) mass is 434 g/mol. The number of rotatable bonds is 7. The van der Waals surface area contributed by atoms with Gasteiger partial charge in [-0.1, -0.05) is 107 Å². The molecule has 0 N–H and O–H groups in total. The molecule has 0 bridgehead atoms. The van der Waals surface area contributed by atoms with E-state index in [0.717, 1.165) is 6.42 Å². The van der Waals surface area contributed by atoms with Crippen LogP contribution in [0.25, 0.3) is 0 Å². The van der Waals surface area contributed by atoms with E-state index in [1.807, 2.05) is 107 Å². The van der Waals surface area contributed by atoms with Crippen LogP contribution in [0.1, 0.15) is 54.9 Å². The molecule has 0 aromatic heterocycles. The molecule has 5 nitrogen and oxygen atoms in total. The van der Waals surface area contributed by atoms with Crippen molar-refractivity contribution in [1.82, 2.24) is 0 Å². The highest BCUT2D eigenvalue weighted by Crippen LogP contribution is 2.02. The van der Waals surface area contributed by atoms with Gasteiger partial charge in [0.25, 0.3) is 0 Å². The van der Waals surface area contributed by atoms with Crippen molar-refractivity contribution in [1.29, 1.82) is 0 Å². The van der Waals surface area contributed by atoms with Gasteiger partial charge in [0.15, 0.2) is 6.79 Å². The minimum atomic E-state index is -0.358. The Morgan fingerprint density at radius 3 is 1.26 bits per heavy atom. The van der Waals surface area contributed by atoms with Gasteiger partial charge in [-0.2, -0.15) is 0 Å². The van der Waals surface area contributed by atoms with Gasteiger partial charge in [0.2, 0.25) is 0 Å². The molecular formula is C26H42O5. The van der Waals surface area contributed by atoms with Gasteiger partial charge >= 0.3 is 11.9 Å². The van der Waals surface area contributed by atoms with Crippen LogP contribution in [-0.2, 0) is 23.8 Å². The molecule has 0 aliphatic rings. The first kappa shape index (κ1) is 33.0. The van der Waals surface area contributed by atoms with Crippen molar-refractivity contribution >= 4 is 11.9 Å². The summed E-state index contributed by atoms with van der Waals surface area (Å²) in [7, 11) is 0. The summed E-state index contributed by atoms with van der Waals surface area (Å²) in [4.78, 5) is 20.8. The molecule has 0 amide bonds. The summed E-state index contributed by atoms with van der Waals surface area (Å²) in [5.41, 5.74) is 0. The summed E-state index contributed by atoms with van der Waals surface area (Å²) in [6.07, 6.45) is 0.758. The van der Waals surface area contributed by atoms with E-state index in [1.54, 1.807) is 0 Å². The molecule has 2 rings (SSSR count). The van der Waals surface area contributed by atoms with Crippen LogP contribution in [-0.4, -0.2) is 31.9 Å². The summed E-state index contributed by atoms with van der Waals surface area (Å²) < 4.78 is 14.4. The van der Waals surface area contributed by atoms with Crippen LogP contribution in [0.15, 0.2) is 72.8 Å². The molecule has 2 aromatic carbocycles. The smallest absolute Gasteiger partial charge is 0.304 e. The SMILES string of the molecule is CC.CC.CC(=O)OCOCCC(C)COC(C)=O.c1ccccc1.c1ccccc1. The van der Waals surface area contributed by atoms with Crippen LogP contribution in [0.3, 0.4) is 0 Å². The lowest BCUT2D eigenvalue weighted by Gasteiger charge is -2.11. The molecule has 0 aliphatic carbocycles. The first-order chi connectivity index (χ1) is 15.0. The molecule has 0 aliphatic heterocycles. The van der Waals surface area contributed by atoms with Gasteiger partial charge in [0.05, 0.1) is 13.2 Å². The summed E-state index contributed by atoms with van der Waals surface area (Å²) in [6.45, 7) is 13.5. The van der Waals surface area contributed by atoms with Crippen molar-refractivity contribution in [2.75, 3.05) is 20.0 Å². The molecule has 5 heteroatoms. The van der Waals surface area contributed by atoms with Gasteiger partial charge in [-0.3, -0.25) is 9.59 Å². The van der Waals surface area contributed by atoms with Gasteiger partial charge in [-0.15, -0.1) is 0 Å². The van der Waals surface area contributed by atoms with Crippen molar-refractivity contribution in [3.63, 3.8) is 0 Å². The van der Waals surface area contributed by atoms with E-state index in [2.05, 4.69) is 4.74 Å². The zero-order valence-electron chi connectivity index (χ0n) is 20.4. The molecule has 0 saturated heterocycles. The number of hydrogen-bond donors (Lipinski definition) is 0. The highest BCUT2D eigenvalue weighted by molar-refractivity contribution is 5.66. The second-order valence-electron chi connectivity index (χ2n) is 5.67. The van der Waals surface area contributed by atoms with Crippen molar-refractivity contribution in [3.8, 4) is 0 Å². The fraction of sp³-hybridized carbons (Fsp3) is 0.462. The van der Waals surface area contributed by atoms with Gasteiger partial charge < -0.3 is 14.2 Å². The average molecular weight is 435 g/mol. The highest BCUT2D eigenvalue weighted by Gasteiger charge is 2.04. The van der Waals surface area contributed by atoms with Gasteiger partial charge in [-0.05, 0) is 12.3 Å². The molecule has 1 atom stereocenters. The number of esters is 2.